The van der Waals surface area contributed by atoms with E-state index in [0.717, 1.165) is 45.0 Å². The largest absolute Gasteiger partial charge is 0.379 e. The Morgan fingerprint density at radius 2 is 1.92 bits per heavy atom. The smallest absolute Gasteiger partial charge is 0.193 e. The lowest BCUT2D eigenvalue weighted by Crippen LogP contribution is -2.41. The topological polar surface area (TPSA) is 46.1 Å². The van der Waals surface area contributed by atoms with E-state index in [9.17, 15) is 0 Å². The van der Waals surface area contributed by atoms with Crippen molar-refractivity contribution in [2.75, 3.05) is 53.1 Å². The first-order valence-electron chi connectivity index (χ1n) is 9.98. The molecule has 1 aliphatic rings. The van der Waals surface area contributed by atoms with Gasteiger partial charge in [-0.15, -0.1) is 0 Å². The second-order valence-electron chi connectivity index (χ2n) is 6.84. The summed E-state index contributed by atoms with van der Waals surface area (Å²) >= 11 is 0. The zero-order valence-corrected chi connectivity index (χ0v) is 16.5. The number of nitrogens with one attached hydrogen (secondary N) is 1. The van der Waals surface area contributed by atoms with Crippen LogP contribution < -0.4 is 5.32 Å². The van der Waals surface area contributed by atoms with Crippen molar-refractivity contribution < 1.29 is 9.47 Å². The number of ether oxygens (including phenoxy) is 2. The van der Waals surface area contributed by atoms with Gasteiger partial charge in [0.25, 0.3) is 0 Å². The summed E-state index contributed by atoms with van der Waals surface area (Å²) in [5.74, 6) is 1.69. The van der Waals surface area contributed by atoms with Crippen LogP contribution in [0, 0.1) is 5.92 Å². The molecule has 146 valence electrons. The van der Waals surface area contributed by atoms with Gasteiger partial charge in [0.15, 0.2) is 5.96 Å². The third-order valence-electron chi connectivity index (χ3n) is 4.71. The van der Waals surface area contributed by atoms with E-state index in [1.807, 2.05) is 7.05 Å². The van der Waals surface area contributed by atoms with Crippen LogP contribution in [-0.4, -0.2) is 64.0 Å². The molecule has 0 saturated carbocycles. The first-order valence-corrected chi connectivity index (χ1v) is 9.98. The van der Waals surface area contributed by atoms with Crippen molar-refractivity contribution in [3.05, 3.63) is 35.9 Å². The highest BCUT2D eigenvalue weighted by atomic mass is 16.5. The quantitative estimate of drug-likeness (QED) is 0.374. The van der Waals surface area contributed by atoms with Gasteiger partial charge >= 0.3 is 0 Å². The zero-order chi connectivity index (χ0) is 18.5. The Morgan fingerprint density at radius 1 is 1.15 bits per heavy atom. The fraction of sp³-hybridized carbons (Fsp3) is 0.667. The van der Waals surface area contributed by atoms with Crippen LogP contribution in [0.5, 0.6) is 0 Å². The molecule has 1 fully saturated rings. The maximum atomic E-state index is 5.61. The number of unbranched alkanes of at least 4 members (excludes halogenated alkanes) is 1. The van der Waals surface area contributed by atoms with E-state index >= 15 is 0 Å². The third-order valence-corrected chi connectivity index (χ3v) is 4.71. The molecule has 1 unspecified atom stereocenters. The molecule has 26 heavy (non-hydrogen) atoms. The van der Waals surface area contributed by atoms with Gasteiger partial charge in [-0.2, -0.15) is 0 Å². The number of hydrogen-bond acceptors (Lipinski definition) is 3. The molecular weight excluding hydrogens is 326 g/mol. The van der Waals surface area contributed by atoms with Gasteiger partial charge in [0, 0.05) is 33.3 Å². The van der Waals surface area contributed by atoms with Crippen LogP contribution in [0.25, 0.3) is 0 Å². The average molecular weight is 362 g/mol. The lowest BCUT2D eigenvalue weighted by Gasteiger charge is -2.21. The van der Waals surface area contributed by atoms with E-state index in [4.69, 9.17) is 9.47 Å². The minimum atomic E-state index is 0.660. The molecule has 0 radical (unpaired) electrons. The Morgan fingerprint density at radius 3 is 2.65 bits per heavy atom. The van der Waals surface area contributed by atoms with Crippen molar-refractivity contribution >= 4 is 5.96 Å². The van der Waals surface area contributed by atoms with E-state index in [1.54, 1.807) is 0 Å². The number of aliphatic imine (C=N–C) groups is 1. The molecule has 0 amide bonds. The van der Waals surface area contributed by atoms with Gasteiger partial charge < -0.3 is 19.7 Å². The van der Waals surface area contributed by atoms with Gasteiger partial charge in [0.05, 0.1) is 19.8 Å². The minimum absolute atomic E-state index is 0.660. The molecule has 0 bridgehead atoms. The van der Waals surface area contributed by atoms with Gasteiger partial charge in [-0.05, 0) is 30.7 Å². The molecule has 5 nitrogen and oxygen atoms in total. The number of benzene rings is 1. The minimum Gasteiger partial charge on any atom is -0.379 e. The molecule has 5 heteroatoms. The monoisotopic (exact) mass is 361 g/mol. The second kappa shape index (κ2) is 12.7. The van der Waals surface area contributed by atoms with Crippen molar-refractivity contribution in [1.29, 1.82) is 0 Å². The Balaban J connectivity index is 1.57. The van der Waals surface area contributed by atoms with Crippen molar-refractivity contribution in [1.82, 2.24) is 10.2 Å². The number of hydrogen-bond donors (Lipinski definition) is 1. The molecule has 1 aromatic carbocycles. The summed E-state index contributed by atoms with van der Waals surface area (Å²) in [6.07, 6.45) is 4.67. The van der Waals surface area contributed by atoms with Crippen molar-refractivity contribution in [3.63, 3.8) is 0 Å². The highest BCUT2D eigenvalue weighted by Gasteiger charge is 2.24. The fourth-order valence-corrected chi connectivity index (χ4v) is 3.27. The standard InChI is InChI=1S/C21H35N3O2/c1-3-4-13-25-15-16-26-14-11-23-21(22-2)24-12-10-20(18-24)17-19-8-6-5-7-9-19/h5-9,20H,3-4,10-18H2,1-2H3,(H,22,23). The fourth-order valence-electron chi connectivity index (χ4n) is 3.27. The van der Waals surface area contributed by atoms with E-state index in [2.05, 4.69) is 52.5 Å². The van der Waals surface area contributed by atoms with Crippen LogP contribution in [0.3, 0.4) is 0 Å². The molecule has 2 rings (SSSR count). The first kappa shape index (κ1) is 20.7. The summed E-state index contributed by atoms with van der Waals surface area (Å²) in [5, 5.41) is 3.42. The van der Waals surface area contributed by atoms with Gasteiger partial charge in [0.2, 0.25) is 0 Å². The summed E-state index contributed by atoms with van der Waals surface area (Å²) in [7, 11) is 1.86. The number of likely N-dealkylation sites (tertiary alicyclic amines) is 1. The molecule has 1 N–H and O–H groups in total. The Kier molecular flexibility index (Phi) is 10.1. The normalized spacial score (nSPS) is 17.7. The Hall–Kier alpha value is -1.59. The first-order chi connectivity index (χ1) is 12.8. The predicted molar refractivity (Wildman–Crippen MR) is 108 cm³/mol. The molecule has 1 aromatic rings. The molecule has 1 heterocycles. The van der Waals surface area contributed by atoms with Crippen LogP contribution >= 0.6 is 0 Å². The lowest BCUT2D eigenvalue weighted by atomic mass is 9.99. The zero-order valence-electron chi connectivity index (χ0n) is 16.5. The molecule has 1 aliphatic heterocycles. The summed E-state index contributed by atoms with van der Waals surface area (Å²) in [6, 6.07) is 10.8. The van der Waals surface area contributed by atoms with Crippen molar-refractivity contribution in [2.45, 2.75) is 32.6 Å². The Bertz CT molecular complexity index is 507. The van der Waals surface area contributed by atoms with Crippen LogP contribution in [0.4, 0.5) is 0 Å². The van der Waals surface area contributed by atoms with Crippen LogP contribution in [0.15, 0.2) is 35.3 Å². The van der Waals surface area contributed by atoms with Gasteiger partial charge in [-0.25, -0.2) is 0 Å². The highest BCUT2D eigenvalue weighted by molar-refractivity contribution is 5.80. The molecule has 1 saturated heterocycles. The maximum Gasteiger partial charge on any atom is 0.193 e. The van der Waals surface area contributed by atoms with Crippen LogP contribution in [-0.2, 0) is 15.9 Å². The summed E-state index contributed by atoms with van der Waals surface area (Å²) in [5.41, 5.74) is 1.43. The average Bonchev–Trinajstić information content (AvgIpc) is 3.12. The molecule has 0 spiro atoms. The van der Waals surface area contributed by atoms with E-state index in [1.165, 1.54) is 18.4 Å². The highest BCUT2D eigenvalue weighted by Crippen LogP contribution is 2.20. The Labute approximate surface area is 158 Å². The van der Waals surface area contributed by atoms with Crippen molar-refractivity contribution in [2.24, 2.45) is 10.9 Å². The van der Waals surface area contributed by atoms with Crippen molar-refractivity contribution in [3.8, 4) is 0 Å². The maximum absolute atomic E-state index is 5.61. The van der Waals surface area contributed by atoms with E-state index in [-0.39, 0.29) is 0 Å². The van der Waals surface area contributed by atoms with Crippen LogP contribution in [0.1, 0.15) is 31.7 Å². The number of rotatable bonds is 11. The second-order valence-corrected chi connectivity index (χ2v) is 6.84. The number of nitrogens with zero attached hydrogens (tertiary/aromatic N) is 2. The van der Waals surface area contributed by atoms with Crippen LogP contribution in [0.2, 0.25) is 0 Å². The lowest BCUT2D eigenvalue weighted by molar-refractivity contribution is 0.0486. The molecule has 0 aliphatic carbocycles. The molecule has 0 aromatic heterocycles. The summed E-state index contributed by atoms with van der Waals surface area (Å²) < 4.78 is 11.1. The molecular formula is C21H35N3O2. The predicted octanol–water partition coefficient (Wildman–Crippen LogP) is 2.96. The van der Waals surface area contributed by atoms with Gasteiger partial charge in [-0.3, -0.25) is 4.99 Å². The summed E-state index contributed by atoms with van der Waals surface area (Å²) in [4.78, 5) is 6.79. The SMILES string of the molecule is CCCCOCCOCCNC(=NC)N1CCC(Cc2ccccc2)C1. The van der Waals surface area contributed by atoms with E-state index < -0.39 is 0 Å². The third kappa shape index (κ3) is 7.75. The van der Waals surface area contributed by atoms with Gasteiger partial charge in [0.1, 0.15) is 0 Å². The molecule has 1 atom stereocenters. The van der Waals surface area contributed by atoms with Gasteiger partial charge in [-0.1, -0.05) is 43.7 Å². The summed E-state index contributed by atoms with van der Waals surface area (Å²) in [6.45, 7) is 7.95. The van der Waals surface area contributed by atoms with E-state index in [0.29, 0.717) is 25.7 Å². The number of guanidine groups is 1.